The van der Waals surface area contributed by atoms with Crippen molar-refractivity contribution in [3.63, 3.8) is 0 Å². The molecule has 0 bridgehead atoms. The van der Waals surface area contributed by atoms with Gasteiger partial charge in [0.15, 0.2) is 5.65 Å². The molecule has 5 rings (SSSR count). The molecule has 0 spiro atoms. The lowest BCUT2D eigenvalue weighted by Gasteiger charge is -2.24. The van der Waals surface area contributed by atoms with Crippen molar-refractivity contribution in [3.8, 4) is 11.4 Å². The van der Waals surface area contributed by atoms with Crippen LogP contribution in [0.2, 0.25) is 0 Å². The molecule has 1 amide bonds. The number of aryl methyl sites for hydroxylation is 1. The molecular formula is C23H28N6O2. The fourth-order valence-electron chi connectivity index (χ4n) is 3.94. The summed E-state index contributed by atoms with van der Waals surface area (Å²) in [6.07, 6.45) is 5.44. The van der Waals surface area contributed by atoms with E-state index in [0.29, 0.717) is 19.0 Å². The van der Waals surface area contributed by atoms with Crippen molar-refractivity contribution < 1.29 is 9.53 Å². The maximum absolute atomic E-state index is 12.1. The first-order chi connectivity index (χ1) is 15.1. The zero-order chi connectivity index (χ0) is 21.4. The zero-order valence-corrected chi connectivity index (χ0v) is 18.0. The Labute approximate surface area is 181 Å². The quantitative estimate of drug-likeness (QED) is 0.543. The van der Waals surface area contributed by atoms with E-state index in [4.69, 9.17) is 19.8 Å². The third-order valence-electron chi connectivity index (χ3n) is 6.17. The first-order valence-electron chi connectivity index (χ1n) is 11.1. The Morgan fingerprint density at radius 2 is 1.90 bits per heavy atom. The highest BCUT2D eigenvalue weighted by atomic mass is 16.5. The highest BCUT2D eigenvalue weighted by Crippen LogP contribution is 2.40. The molecule has 2 N–H and O–H groups in total. The number of anilines is 1. The van der Waals surface area contributed by atoms with Gasteiger partial charge >= 0.3 is 0 Å². The number of fused-ring (bicyclic) bond motifs is 1. The van der Waals surface area contributed by atoms with Crippen LogP contribution in [0.3, 0.4) is 0 Å². The van der Waals surface area contributed by atoms with E-state index in [9.17, 15) is 4.79 Å². The van der Waals surface area contributed by atoms with E-state index in [1.165, 1.54) is 0 Å². The lowest BCUT2D eigenvalue weighted by atomic mass is 9.85. The van der Waals surface area contributed by atoms with E-state index in [-0.39, 0.29) is 11.8 Å². The first kappa shape index (κ1) is 19.8. The molecule has 2 aliphatic carbocycles. The summed E-state index contributed by atoms with van der Waals surface area (Å²) in [5.41, 5.74) is 2.60. The number of methoxy groups -OCH3 is 1. The minimum Gasteiger partial charge on any atom is -0.497 e. The molecule has 8 nitrogen and oxygen atoms in total. The summed E-state index contributed by atoms with van der Waals surface area (Å²) in [7, 11) is 1.66. The summed E-state index contributed by atoms with van der Waals surface area (Å²) in [5, 5.41) is 12.1. The van der Waals surface area contributed by atoms with Crippen molar-refractivity contribution in [2.24, 2.45) is 5.92 Å². The van der Waals surface area contributed by atoms with Gasteiger partial charge in [-0.05, 0) is 56.9 Å². The van der Waals surface area contributed by atoms with Crippen LogP contribution in [-0.2, 0) is 4.79 Å². The molecule has 2 aromatic heterocycles. The van der Waals surface area contributed by atoms with E-state index in [1.807, 2.05) is 35.9 Å². The topological polar surface area (TPSA) is 94.0 Å². The zero-order valence-electron chi connectivity index (χ0n) is 18.0. The number of hydrogen-bond acceptors (Lipinski definition) is 6. The van der Waals surface area contributed by atoms with E-state index in [0.717, 1.165) is 71.9 Å². The highest BCUT2D eigenvalue weighted by molar-refractivity contribution is 5.90. The molecule has 1 aromatic carbocycles. The Bertz CT molecular complexity index is 1100. The van der Waals surface area contributed by atoms with Crippen LogP contribution in [-0.4, -0.2) is 45.9 Å². The van der Waals surface area contributed by atoms with Crippen molar-refractivity contribution in [3.05, 3.63) is 35.8 Å². The molecule has 0 atom stereocenters. The molecule has 2 heterocycles. The highest BCUT2D eigenvalue weighted by Gasteiger charge is 2.29. The van der Waals surface area contributed by atoms with Gasteiger partial charge in [0.1, 0.15) is 17.4 Å². The van der Waals surface area contributed by atoms with Crippen molar-refractivity contribution >= 4 is 22.8 Å². The third-order valence-corrected chi connectivity index (χ3v) is 6.17. The van der Waals surface area contributed by atoms with Gasteiger partial charge in [-0.15, -0.1) is 0 Å². The third kappa shape index (κ3) is 3.94. The SMILES string of the molecule is COc1ccc(-n2nc(C)c3c(NCCNC(=O)C4CCC4)nc(C4CC4)nc32)cc1. The summed E-state index contributed by atoms with van der Waals surface area (Å²) in [6.45, 7) is 3.17. The van der Waals surface area contributed by atoms with Gasteiger partial charge in [0, 0.05) is 24.9 Å². The molecule has 31 heavy (non-hydrogen) atoms. The lowest BCUT2D eigenvalue weighted by Crippen LogP contribution is -2.37. The molecule has 3 aromatic rings. The number of amides is 1. The predicted octanol–water partition coefficient (Wildman–Crippen LogP) is 3.34. The second-order valence-electron chi connectivity index (χ2n) is 8.44. The first-order valence-corrected chi connectivity index (χ1v) is 11.1. The summed E-state index contributed by atoms with van der Waals surface area (Å²) in [6, 6.07) is 7.80. The number of nitrogens with zero attached hydrogens (tertiary/aromatic N) is 4. The van der Waals surface area contributed by atoms with Gasteiger partial charge in [-0.3, -0.25) is 4.79 Å². The summed E-state index contributed by atoms with van der Waals surface area (Å²) in [4.78, 5) is 21.8. The van der Waals surface area contributed by atoms with Gasteiger partial charge < -0.3 is 15.4 Å². The van der Waals surface area contributed by atoms with Gasteiger partial charge in [0.25, 0.3) is 0 Å². The molecule has 0 saturated heterocycles. The van der Waals surface area contributed by atoms with Crippen molar-refractivity contribution in [1.29, 1.82) is 0 Å². The number of aromatic nitrogens is 4. The molecule has 2 saturated carbocycles. The average Bonchev–Trinajstić information content (AvgIpc) is 3.54. The lowest BCUT2D eigenvalue weighted by molar-refractivity contribution is -0.127. The number of carbonyl (C=O) groups excluding carboxylic acids is 1. The van der Waals surface area contributed by atoms with Crippen LogP contribution in [0.25, 0.3) is 16.7 Å². The molecule has 8 heteroatoms. The van der Waals surface area contributed by atoms with Gasteiger partial charge in [-0.25, -0.2) is 14.6 Å². The van der Waals surface area contributed by atoms with Gasteiger partial charge in [0.05, 0.1) is 23.9 Å². The normalized spacial score (nSPS) is 16.2. The number of carbonyl (C=O) groups is 1. The smallest absolute Gasteiger partial charge is 0.223 e. The largest absolute Gasteiger partial charge is 0.497 e. The van der Waals surface area contributed by atoms with Gasteiger partial charge in [0.2, 0.25) is 5.91 Å². The monoisotopic (exact) mass is 420 g/mol. The Balaban J connectivity index is 1.41. The maximum Gasteiger partial charge on any atom is 0.223 e. The number of benzene rings is 1. The Morgan fingerprint density at radius 3 is 2.55 bits per heavy atom. The van der Waals surface area contributed by atoms with Crippen LogP contribution in [0, 0.1) is 12.8 Å². The van der Waals surface area contributed by atoms with Crippen LogP contribution in [0.15, 0.2) is 24.3 Å². The van der Waals surface area contributed by atoms with Gasteiger partial charge in [-0.1, -0.05) is 6.42 Å². The van der Waals surface area contributed by atoms with E-state index >= 15 is 0 Å². The van der Waals surface area contributed by atoms with Crippen molar-refractivity contribution in [2.45, 2.75) is 44.9 Å². The molecule has 0 unspecified atom stereocenters. The van der Waals surface area contributed by atoms with Gasteiger partial charge in [-0.2, -0.15) is 5.10 Å². The van der Waals surface area contributed by atoms with Crippen LogP contribution < -0.4 is 15.4 Å². The van der Waals surface area contributed by atoms with E-state index in [2.05, 4.69) is 10.6 Å². The second kappa shape index (κ2) is 8.17. The van der Waals surface area contributed by atoms with Crippen molar-refractivity contribution in [1.82, 2.24) is 25.1 Å². The van der Waals surface area contributed by atoms with Crippen molar-refractivity contribution in [2.75, 3.05) is 25.5 Å². The average molecular weight is 421 g/mol. The Hall–Kier alpha value is -3.16. The minimum absolute atomic E-state index is 0.169. The fourth-order valence-corrected chi connectivity index (χ4v) is 3.94. The molecule has 0 aliphatic heterocycles. The van der Waals surface area contributed by atoms with Crippen LogP contribution in [0.4, 0.5) is 5.82 Å². The predicted molar refractivity (Wildman–Crippen MR) is 119 cm³/mol. The summed E-state index contributed by atoms with van der Waals surface area (Å²) in [5.74, 6) is 3.25. The fraction of sp³-hybridized carbons (Fsp3) is 0.478. The van der Waals surface area contributed by atoms with Crippen LogP contribution >= 0.6 is 0 Å². The standard InChI is InChI=1S/C23H28N6O2/c1-14-19-21(24-12-13-25-23(30)16-4-3-5-16)26-20(15-6-7-15)27-22(19)29(28-14)17-8-10-18(31-2)11-9-17/h8-11,15-16H,3-7,12-13H2,1-2H3,(H,25,30)(H,24,26,27). The maximum atomic E-state index is 12.1. The van der Waals surface area contributed by atoms with Crippen LogP contribution in [0.5, 0.6) is 5.75 Å². The number of rotatable bonds is 8. The number of hydrogen-bond donors (Lipinski definition) is 2. The minimum atomic E-state index is 0.169. The molecule has 2 fully saturated rings. The number of nitrogens with one attached hydrogen (secondary N) is 2. The molecular weight excluding hydrogens is 392 g/mol. The van der Waals surface area contributed by atoms with Crippen LogP contribution in [0.1, 0.15) is 49.5 Å². The molecule has 162 valence electrons. The van der Waals surface area contributed by atoms with E-state index in [1.54, 1.807) is 7.11 Å². The number of ether oxygens (including phenoxy) is 1. The Kier molecular flexibility index (Phi) is 5.21. The summed E-state index contributed by atoms with van der Waals surface area (Å²) >= 11 is 0. The molecule has 2 aliphatic rings. The Morgan fingerprint density at radius 1 is 1.13 bits per heavy atom. The summed E-state index contributed by atoms with van der Waals surface area (Å²) < 4.78 is 7.15. The molecule has 0 radical (unpaired) electrons. The second-order valence-corrected chi connectivity index (χ2v) is 8.44. The van der Waals surface area contributed by atoms with E-state index < -0.39 is 0 Å².